The predicted octanol–water partition coefficient (Wildman–Crippen LogP) is 4.68. The lowest BCUT2D eigenvalue weighted by Crippen LogP contribution is -2.28. The van der Waals surface area contributed by atoms with Crippen LogP contribution >= 0.6 is 27.3 Å². The fraction of sp³-hybridized carbons (Fsp3) is 0.643. The number of carbonyl (C=O) groups is 1. The van der Waals surface area contributed by atoms with E-state index >= 15 is 0 Å². The van der Waals surface area contributed by atoms with Gasteiger partial charge in [-0.2, -0.15) is 0 Å². The molecule has 0 atom stereocenters. The molecule has 0 spiro atoms. The first-order valence-electron chi connectivity index (χ1n) is 6.36. The lowest BCUT2D eigenvalue weighted by molar-refractivity contribution is 0.00875. The number of carbonyl (C=O) groups excluding carboxylic acids is 1. The molecule has 0 aromatic carbocycles. The predicted molar refractivity (Wildman–Crippen MR) is 78.3 cm³/mol. The third-order valence-corrected chi connectivity index (χ3v) is 5.49. The summed E-state index contributed by atoms with van der Waals surface area (Å²) in [5, 5.41) is 1.92. The maximum atomic E-state index is 12.0. The van der Waals surface area contributed by atoms with Crippen LogP contribution < -0.4 is 0 Å². The molecular formula is C14H19BrO2S. The van der Waals surface area contributed by atoms with Gasteiger partial charge in [-0.1, -0.05) is 13.8 Å². The molecule has 0 saturated heterocycles. The molecule has 100 valence electrons. The van der Waals surface area contributed by atoms with E-state index in [1.54, 1.807) is 0 Å². The average molecular weight is 331 g/mol. The van der Waals surface area contributed by atoms with Crippen molar-refractivity contribution >= 4 is 33.0 Å². The van der Waals surface area contributed by atoms with Gasteiger partial charge in [0.05, 0.1) is 11.0 Å². The maximum absolute atomic E-state index is 12.0. The zero-order chi connectivity index (χ0) is 13.2. The molecule has 0 bridgehead atoms. The van der Waals surface area contributed by atoms with Gasteiger partial charge in [-0.05, 0) is 58.5 Å². The van der Waals surface area contributed by atoms with E-state index in [4.69, 9.17) is 4.74 Å². The van der Waals surface area contributed by atoms with Crippen molar-refractivity contribution in [3.8, 4) is 0 Å². The molecule has 1 fully saturated rings. The minimum Gasteiger partial charge on any atom is -0.370 e. The molecule has 0 aliphatic heterocycles. The van der Waals surface area contributed by atoms with Crippen molar-refractivity contribution < 1.29 is 9.53 Å². The van der Waals surface area contributed by atoms with E-state index in [-0.39, 0.29) is 18.5 Å². The summed E-state index contributed by atoms with van der Waals surface area (Å²) in [4.78, 5) is 12.7. The zero-order valence-electron chi connectivity index (χ0n) is 10.9. The van der Waals surface area contributed by atoms with Crippen LogP contribution in [-0.2, 0) is 4.74 Å². The Balaban J connectivity index is 1.79. The molecule has 0 unspecified atom stereocenters. The number of thiophene rings is 1. The van der Waals surface area contributed by atoms with E-state index in [2.05, 4.69) is 29.8 Å². The highest BCUT2D eigenvalue weighted by Crippen LogP contribution is 2.36. The molecule has 1 aromatic heterocycles. The van der Waals surface area contributed by atoms with Gasteiger partial charge >= 0.3 is 0 Å². The summed E-state index contributed by atoms with van der Waals surface area (Å²) in [7, 11) is 0. The van der Waals surface area contributed by atoms with E-state index in [9.17, 15) is 4.79 Å². The number of hydrogen-bond acceptors (Lipinski definition) is 3. The van der Waals surface area contributed by atoms with Crippen LogP contribution in [0.1, 0.15) is 49.2 Å². The third-order valence-electron chi connectivity index (χ3n) is 3.61. The molecule has 1 saturated carbocycles. The Morgan fingerprint density at radius 2 is 2.17 bits per heavy atom. The SMILES string of the molecule is CC1(C)CCC(OCC(=O)c2sccc2Br)CC1. The van der Waals surface area contributed by atoms with Crippen molar-refractivity contribution in [2.75, 3.05) is 6.61 Å². The van der Waals surface area contributed by atoms with Crippen LogP contribution in [0.2, 0.25) is 0 Å². The zero-order valence-corrected chi connectivity index (χ0v) is 13.3. The summed E-state index contributed by atoms with van der Waals surface area (Å²) < 4.78 is 6.63. The fourth-order valence-electron chi connectivity index (χ4n) is 2.29. The Bertz CT molecular complexity index is 415. The molecule has 1 aliphatic carbocycles. The van der Waals surface area contributed by atoms with Crippen LogP contribution in [0.3, 0.4) is 0 Å². The van der Waals surface area contributed by atoms with Crippen LogP contribution in [0.5, 0.6) is 0 Å². The Morgan fingerprint density at radius 1 is 1.50 bits per heavy atom. The van der Waals surface area contributed by atoms with Gasteiger partial charge in [0, 0.05) is 4.47 Å². The van der Waals surface area contributed by atoms with Crippen molar-refractivity contribution in [1.82, 2.24) is 0 Å². The molecule has 4 heteroatoms. The minimum absolute atomic E-state index is 0.0849. The van der Waals surface area contributed by atoms with E-state index in [0.717, 1.165) is 22.2 Å². The van der Waals surface area contributed by atoms with Gasteiger partial charge in [-0.25, -0.2) is 0 Å². The van der Waals surface area contributed by atoms with Crippen LogP contribution in [0.15, 0.2) is 15.9 Å². The molecular weight excluding hydrogens is 312 g/mol. The van der Waals surface area contributed by atoms with Crippen molar-refractivity contribution in [1.29, 1.82) is 0 Å². The molecule has 1 aliphatic rings. The van der Waals surface area contributed by atoms with E-state index in [1.165, 1.54) is 24.2 Å². The summed E-state index contributed by atoms with van der Waals surface area (Å²) in [6.45, 7) is 4.82. The molecule has 18 heavy (non-hydrogen) atoms. The van der Waals surface area contributed by atoms with Crippen molar-refractivity contribution in [2.45, 2.75) is 45.6 Å². The highest BCUT2D eigenvalue weighted by Gasteiger charge is 2.27. The van der Waals surface area contributed by atoms with Gasteiger partial charge < -0.3 is 4.74 Å². The first kappa shape index (κ1) is 14.2. The molecule has 0 N–H and O–H groups in total. The Morgan fingerprint density at radius 3 is 2.72 bits per heavy atom. The second-order valence-electron chi connectivity index (χ2n) is 5.70. The Labute approximate surface area is 121 Å². The smallest absolute Gasteiger partial charge is 0.199 e. The topological polar surface area (TPSA) is 26.3 Å². The first-order chi connectivity index (χ1) is 8.48. The van der Waals surface area contributed by atoms with Gasteiger partial charge in [-0.3, -0.25) is 4.79 Å². The van der Waals surface area contributed by atoms with Crippen LogP contribution in [0, 0.1) is 5.41 Å². The number of halogens is 1. The van der Waals surface area contributed by atoms with Gasteiger partial charge in [0.1, 0.15) is 6.61 Å². The number of rotatable bonds is 4. The lowest BCUT2D eigenvalue weighted by atomic mass is 9.76. The highest BCUT2D eigenvalue weighted by atomic mass is 79.9. The van der Waals surface area contributed by atoms with E-state index in [0.29, 0.717) is 5.41 Å². The van der Waals surface area contributed by atoms with Crippen LogP contribution in [0.25, 0.3) is 0 Å². The Kier molecular flexibility index (Phi) is 4.62. The third kappa shape index (κ3) is 3.65. The second-order valence-corrected chi connectivity index (χ2v) is 7.47. The van der Waals surface area contributed by atoms with Gasteiger partial charge in [0.15, 0.2) is 5.78 Å². The summed E-state index contributed by atoms with van der Waals surface area (Å²) in [6, 6.07) is 1.90. The monoisotopic (exact) mass is 330 g/mol. The number of ether oxygens (including phenoxy) is 1. The number of Topliss-reactive ketones (excluding diaryl/α,β-unsaturated/α-hetero) is 1. The lowest BCUT2D eigenvalue weighted by Gasteiger charge is -2.34. The summed E-state index contributed by atoms with van der Waals surface area (Å²) in [6.07, 6.45) is 4.79. The summed E-state index contributed by atoms with van der Waals surface area (Å²) in [5.41, 5.74) is 0.445. The van der Waals surface area contributed by atoms with Crippen LogP contribution in [-0.4, -0.2) is 18.5 Å². The number of ketones is 1. The quantitative estimate of drug-likeness (QED) is 0.749. The van der Waals surface area contributed by atoms with Gasteiger partial charge in [0.2, 0.25) is 0 Å². The highest BCUT2D eigenvalue weighted by molar-refractivity contribution is 9.10. The average Bonchev–Trinajstić information content (AvgIpc) is 2.74. The van der Waals surface area contributed by atoms with Crippen LogP contribution in [0.4, 0.5) is 0 Å². The van der Waals surface area contributed by atoms with Gasteiger partial charge in [0.25, 0.3) is 0 Å². The standard InChI is InChI=1S/C14H19BrO2S/c1-14(2)6-3-10(4-7-14)17-9-12(16)13-11(15)5-8-18-13/h5,8,10H,3-4,6-7,9H2,1-2H3. The Hall–Kier alpha value is -0.190. The fourth-order valence-corrected chi connectivity index (χ4v) is 3.81. The van der Waals surface area contributed by atoms with E-state index < -0.39 is 0 Å². The molecule has 2 rings (SSSR count). The maximum Gasteiger partial charge on any atom is 0.199 e. The minimum atomic E-state index is 0.0849. The molecule has 0 radical (unpaired) electrons. The van der Waals surface area contributed by atoms with Crippen molar-refractivity contribution in [2.24, 2.45) is 5.41 Å². The van der Waals surface area contributed by atoms with Gasteiger partial charge in [-0.15, -0.1) is 11.3 Å². The summed E-state index contributed by atoms with van der Waals surface area (Å²) >= 11 is 4.85. The molecule has 0 amide bonds. The normalized spacial score (nSPS) is 19.9. The van der Waals surface area contributed by atoms with E-state index in [1.807, 2.05) is 11.4 Å². The van der Waals surface area contributed by atoms with Crippen molar-refractivity contribution in [3.05, 3.63) is 20.8 Å². The van der Waals surface area contributed by atoms with Crippen molar-refractivity contribution in [3.63, 3.8) is 0 Å². The number of hydrogen-bond donors (Lipinski definition) is 0. The molecule has 1 aromatic rings. The summed E-state index contributed by atoms with van der Waals surface area (Å²) in [5.74, 6) is 0.0849. The first-order valence-corrected chi connectivity index (χ1v) is 8.03. The molecule has 2 nitrogen and oxygen atoms in total. The molecule has 1 heterocycles. The second kappa shape index (κ2) is 5.85. The largest absolute Gasteiger partial charge is 0.370 e.